The van der Waals surface area contributed by atoms with Crippen LogP contribution >= 0.6 is 0 Å². The molecule has 3 heteroatoms. The number of rotatable bonds is 7. The summed E-state index contributed by atoms with van der Waals surface area (Å²) in [6, 6.07) is 10.2. The van der Waals surface area contributed by atoms with E-state index in [1.54, 1.807) is 6.92 Å². The van der Waals surface area contributed by atoms with Gasteiger partial charge in [-0.15, -0.1) is 0 Å². The smallest absolute Gasteiger partial charge is 0.192 e. The SMILES string of the molecule is CC(=O)CC[C@@H](/C=C/c1ccccc1)O[Si](C)(C)C(C)(C)C. The second kappa shape index (κ2) is 7.89. The molecule has 0 N–H and O–H groups in total. The summed E-state index contributed by atoms with van der Waals surface area (Å²) in [5.41, 5.74) is 1.16. The van der Waals surface area contributed by atoms with Gasteiger partial charge in [0, 0.05) is 6.42 Å². The first-order valence-corrected chi connectivity index (χ1v) is 10.9. The minimum atomic E-state index is -1.84. The Morgan fingerprint density at radius 1 is 1.23 bits per heavy atom. The molecule has 0 bridgehead atoms. The number of carbonyl (C=O) groups excluding carboxylic acids is 1. The van der Waals surface area contributed by atoms with Crippen LogP contribution in [-0.2, 0) is 9.22 Å². The summed E-state index contributed by atoms with van der Waals surface area (Å²) in [6.07, 6.45) is 5.53. The molecular weight excluding hydrogens is 288 g/mol. The van der Waals surface area contributed by atoms with E-state index in [0.29, 0.717) is 6.42 Å². The molecule has 1 atom stereocenters. The van der Waals surface area contributed by atoms with E-state index in [1.807, 2.05) is 18.2 Å². The van der Waals surface area contributed by atoms with Crippen LogP contribution in [0.4, 0.5) is 0 Å². The first-order chi connectivity index (χ1) is 10.1. The summed E-state index contributed by atoms with van der Waals surface area (Å²) >= 11 is 0. The van der Waals surface area contributed by atoms with Crippen LogP contribution in [0.15, 0.2) is 36.4 Å². The molecule has 0 radical (unpaired) electrons. The predicted octanol–water partition coefficient (Wildman–Crippen LogP) is 5.46. The first-order valence-electron chi connectivity index (χ1n) is 8.02. The van der Waals surface area contributed by atoms with Crippen LogP contribution in [0.25, 0.3) is 6.08 Å². The number of ketones is 1. The maximum absolute atomic E-state index is 11.3. The van der Waals surface area contributed by atoms with E-state index in [1.165, 1.54) is 0 Å². The van der Waals surface area contributed by atoms with Crippen molar-refractivity contribution in [2.45, 2.75) is 64.8 Å². The number of hydrogen-bond donors (Lipinski definition) is 0. The highest BCUT2D eigenvalue weighted by molar-refractivity contribution is 6.74. The summed E-state index contributed by atoms with van der Waals surface area (Å²) in [5.74, 6) is 0.219. The fourth-order valence-corrected chi connectivity index (χ4v) is 3.18. The molecule has 0 amide bonds. The highest BCUT2D eigenvalue weighted by Gasteiger charge is 2.38. The van der Waals surface area contributed by atoms with Crippen molar-refractivity contribution in [3.8, 4) is 0 Å². The van der Waals surface area contributed by atoms with Gasteiger partial charge in [0.2, 0.25) is 0 Å². The van der Waals surface area contributed by atoms with E-state index < -0.39 is 8.32 Å². The van der Waals surface area contributed by atoms with Gasteiger partial charge in [0.25, 0.3) is 0 Å². The van der Waals surface area contributed by atoms with E-state index in [2.05, 4.69) is 58.2 Å². The number of benzene rings is 1. The molecule has 0 spiro atoms. The summed E-state index contributed by atoms with van der Waals surface area (Å²) in [5, 5.41) is 0.169. The van der Waals surface area contributed by atoms with Gasteiger partial charge in [-0.1, -0.05) is 63.3 Å². The largest absolute Gasteiger partial charge is 0.411 e. The van der Waals surface area contributed by atoms with Crippen molar-refractivity contribution in [3.05, 3.63) is 42.0 Å². The fraction of sp³-hybridized carbons (Fsp3) is 0.526. The molecule has 0 saturated heterocycles. The maximum Gasteiger partial charge on any atom is 0.192 e. The van der Waals surface area contributed by atoms with Gasteiger partial charge in [0.05, 0.1) is 6.10 Å². The molecule has 1 aromatic carbocycles. The van der Waals surface area contributed by atoms with E-state index in [9.17, 15) is 4.79 Å². The van der Waals surface area contributed by atoms with Crippen LogP contribution < -0.4 is 0 Å². The normalized spacial score (nSPS) is 14.3. The molecule has 0 aliphatic rings. The Morgan fingerprint density at radius 3 is 2.32 bits per heavy atom. The van der Waals surface area contributed by atoms with Crippen molar-refractivity contribution in [2.24, 2.45) is 0 Å². The summed E-state index contributed by atoms with van der Waals surface area (Å²) in [6.45, 7) is 12.9. The Labute approximate surface area is 136 Å². The lowest BCUT2D eigenvalue weighted by molar-refractivity contribution is -0.117. The maximum atomic E-state index is 11.3. The molecule has 22 heavy (non-hydrogen) atoms. The van der Waals surface area contributed by atoms with Crippen molar-refractivity contribution in [1.29, 1.82) is 0 Å². The van der Waals surface area contributed by atoms with Crippen LogP contribution in [0.2, 0.25) is 18.1 Å². The third-order valence-corrected chi connectivity index (χ3v) is 8.84. The predicted molar refractivity (Wildman–Crippen MR) is 97.5 cm³/mol. The zero-order valence-electron chi connectivity index (χ0n) is 14.8. The lowest BCUT2D eigenvalue weighted by Crippen LogP contribution is -2.43. The summed E-state index contributed by atoms with van der Waals surface area (Å²) in [7, 11) is -1.84. The molecule has 1 rings (SSSR count). The van der Waals surface area contributed by atoms with Gasteiger partial charge in [0.15, 0.2) is 8.32 Å². The Kier molecular flexibility index (Phi) is 6.76. The second-order valence-corrected chi connectivity index (χ2v) is 12.2. The zero-order chi connectivity index (χ0) is 16.8. The van der Waals surface area contributed by atoms with Gasteiger partial charge in [0.1, 0.15) is 5.78 Å². The lowest BCUT2D eigenvalue weighted by Gasteiger charge is -2.38. The minimum Gasteiger partial charge on any atom is -0.411 e. The van der Waals surface area contributed by atoms with Crippen molar-refractivity contribution in [2.75, 3.05) is 0 Å². The van der Waals surface area contributed by atoms with E-state index in [4.69, 9.17) is 4.43 Å². The molecule has 0 aliphatic heterocycles. The van der Waals surface area contributed by atoms with Crippen LogP contribution in [0, 0.1) is 0 Å². The van der Waals surface area contributed by atoms with E-state index >= 15 is 0 Å². The quantitative estimate of drug-likeness (QED) is 0.624. The van der Waals surface area contributed by atoms with Gasteiger partial charge in [-0.2, -0.15) is 0 Å². The molecule has 1 aromatic rings. The Hall–Kier alpha value is -1.19. The fourth-order valence-electron chi connectivity index (χ4n) is 1.88. The Balaban J connectivity index is 2.84. The monoisotopic (exact) mass is 318 g/mol. The molecule has 0 fully saturated rings. The standard InChI is InChI=1S/C19H30O2Si/c1-16(20)12-14-18(21-22(5,6)19(2,3)4)15-13-17-10-8-7-9-11-17/h7-11,13,15,18H,12,14H2,1-6H3/b15-13+/t18-/m0/s1. The summed E-state index contributed by atoms with van der Waals surface area (Å²) in [4.78, 5) is 11.3. The average Bonchev–Trinajstić information content (AvgIpc) is 2.41. The second-order valence-electron chi connectivity index (χ2n) is 7.43. The first kappa shape index (κ1) is 18.9. The molecule has 2 nitrogen and oxygen atoms in total. The van der Waals surface area contributed by atoms with Crippen molar-refractivity contribution < 1.29 is 9.22 Å². The van der Waals surface area contributed by atoms with Crippen LogP contribution in [0.5, 0.6) is 0 Å². The molecular formula is C19H30O2Si. The van der Waals surface area contributed by atoms with Crippen LogP contribution in [-0.4, -0.2) is 20.2 Å². The minimum absolute atomic E-state index is 0.00463. The molecule has 0 aliphatic carbocycles. The van der Waals surface area contributed by atoms with Crippen molar-refractivity contribution >= 4 is 20.2 Å². The zero-order valence-corrected chi connectivity index (χ0v) is 15.8. The summed E-state index contributed by atoms with van der Waals surface area (Å²) < 4.78 is 6.47. The number of hydrogen-bond acceptors (Lipinski definition) is 2. The third kappa shape index (κ3) is 6.28. The topological polar surface area (TPSA) is 26.3 Å². The van der Waals surface area contributed by atoms with Gasteiger partial charge in [-0.05, 0) is 37.0 Å². The van der Waals surface area contributed by atoms with E-state index in [0.717, 1.165) is 12.0 Å². The van der Waals surface area contributed by atoms with Crippen molar-refractivity contribution in [3.63, 3.8) is 0 Å². The van der Waals surface area contributed by atoms with Gasteiger partial charge in [-0.3, -0.25) is 0 Å². The molecule has 122 valence electrons. The molecule has 0 aromatic heterocycles. The third-order valence-electron chi connectivity index (χ3n) is 4.34. The molecule has 0 unspecified atom stereocenters. The van der Waals surface area contributed by atoms with E-state index in [-0.39, 0.29) is 16.9 Å². The highest BCUT2D eigenvalue weighted by atomic mass is 28.4. The Morgan fingerprint density at radius 2 is 1.82 bits per heavy atom. The molecule has 0 heterocycles. The number of Topliss-reactive ketones (excluding diaryl/α,β-unsaturated/α-hetero) is 1. The van der Waals surface area contributed by atoms with Crippen LogP contribution in [0.1, 0.15) is 46.1 Å². The van der Waals surface area contributed by atoms with Gasteiger partial charge in [-0.25, -0.2) is 0 Å². The van der Waals surface area contributed by atoms with Gasteiger partial charge >= 0.3 is 0 Å². The lowest BCUT2D eigenvalue weighted by atomic mass is 10.1. The van der Waals surface area contributed by atoms with Gasteiger partial charge < -0.3 is 9.22 Å². The Bertz CT molecular complexity index is 498. The van der Waals surface area contributed by atoms with Crippen LogP contribution in [0.3, 0.4) is 0 Å². The highest BCUT2D eigenvalue weighted by Crippen LogP contribution is 2.38. The molecule has 0 saturated carbocycles. The number of carbonyl (C=O) groups is 1. The van der Waals surface area contributed by atoms with Crippen molar-refractivity contribution in [1.82, 2.24) is 0 Å². The average molecular weight is 319 g/mol.